The zero-order valence-electron chi connectivity index (χ0n) is 15.5. The third-order valence-electron chi connectivity index (χ3n) is 4.71. The topological polar surface area (TPSA) is 39.2 Å². The molecule has 0 aliphatic carbocycles. The van der Waals surface area contributed by atoms with Crippen LogP contribution in [0.15, 0.2) is 30.5 Å². The minimum atomic E-state index is -1.88. The van der Waals surface area contributed by atoms with Gasteiger partial charge in [-0.1, -0.05) is 38.4 Å². The SMILES string of the molecule is CC(C)(C)[Si](C)(C)OCc1ccc(C(=O)c2cc(F)c(Cl)c(F)c2)nc1. The molecular weight excluding hydrogens is 376 g/mol. The number of hydrogen-bond acceptors (Lipinski definition) is 3. The van der Waals surface area contributed by atoms with Crippen LogP contribution < -0.4 is 0 Å². The van der Waals surface area contributed by atoms with Crippen molar-refractivity contribution in [2.75, 3.05) is 0 Å². The van der Waals surface area contributed by atoms with Crippen LogP contribution in [0.2, 0.25) is 23.2 Å². The Hall–Kier alpha value is -1.63. The van der Waals surface area contributed by atoms with Crippen LogP contribution in [0.4, 0.5) is 8.78 Å². The Kier molecular flexibility index (Phi) is 6.00. The van der Waals surface area contributed by atoms with E-state index >= 15 is 0 Å². The van der Waals surface area contributed by atoms with E-state index in [9.17, 15) is 13.6 Å². The lowest BCUT2D eigenvalue weighted by molar-refractivity contribution is 0.103. The van der Waals surface area contributed by atoms with Crippen LogP contribution in [0.3, 0.4) is 0 Å². The summed E-state index contributed by atoms with van der Waals surface area (Å²) >= 11 is 5.44. The fourth-order valence-corrected chi connectivity index (χ4v) is 3.03. The maximum Gasteiger partial charge on any atom is 0.211 e. The Bertz CT molecular complexity index is 794. The molecule has 2 rings (SSSR count). The number of carbonyl (C=O) groups excluding carboxylic acids is 1. The molecule has 1 heterocycles. The Labute approximate surface area is 158 Å². The molecule has 0 saturated heterocycles. The largest absolute Gasteiger partial charge is 0.413 e. The van der Waals surface area contributed by atoms with Gasteiger partial charge in [-0.05, 0) is 41.9 Å². The maximum absolute atomic E-state index is 13.5. The number of benzene rings is 1. The number of hydrogen-bond donors (Lipinski definition) is 0. The molecule has 140 valence electrons. The summed E-state index contributed by atoms with van der Waals surface area (Å²) in [6.45, 7) is 11.2. The van der Waals surface area contributed by atoms with Gasteiger partial charge in [-0.25, -0.2) is 8.78 Å². The van der Waals surface area contributed by atoms with Gasteiger partial charge in [-0.2, -0.15) is 0 Å². The average molecular weight is 398 g/mol. The predicted molar refractivity (Wildman–Crippen MR) is 101 cm³/mol. The van der Waals surface area contributed by atoms with Crippen LogP contribution in [0.1, 0.15) is 42.4 Å². The zero-order valence-corrected chi connectivity index (χ0v) is 17.2. The lowest BCUT2D eigenvalue weighted by atomic mass is 10.1. The average Bonchev–Trinajstić information content (AvgIpc) is 2.56. The van der Waals surface area contributed by atoms with Crippen molar-refractivity contribution in [2.45, 2.75) is 45.5 Å². The first-order chi connectivity index (χ1) is 11.9. The van der Waals surface area contributed by atoms with Gasteiger partial charge in [0.05, 0.1) is 6.61 Å². The molecule has 2 aromatic rings. The van der Waals surface area contributed by atoms with Crippen molar-refractivity contribution < 1.29 is 18.0 Å². The van der Waals surface area contributed by atoms with Crippen LogP contribution in [0.25, 0.3) is 0 Å². The quantitative estimate of drug-likeness (QED) is 0.365. The van der Waals surface area contributed by atoms with Crippen LogP contribution in [0.5, 0.6) is 0 Å². The summed E-state index contributed by atoms with van der Waals surface area (Å²) in [4.78, 5) is 16.5. The number of nitrogens with zero attached hydrogens (tertiary/aromatic N) is 1. The molecule has 0 saturated carbocycles. The van der Waals surface area contributed by atoms with E-state index in [1.807, 2.05) is 0 Å². The van der Waals surface area contributed by atoms with Gasteiger partial charge in [0.15, 0.2) is 8.32 Å². The molecule has 7 heteroatoms. The fourth-order valence-electron chi connectivity index (χ4n) is 1.96. The summed E-state index contributed by atoms with van der Waals surface area (Å²) in [6, 6.07) is 5.07. The first-order valence-corrected chi connectivity index (χ1v) is 11.5. The van der Waals surface area contributed by atoms with Gasteiger partial charge in [0.1, 0.15) is 22.4 Å². The Balaban J connectivity index is 2.13. The number of pyridine rings is 1. The number of carbonyl (C=O) groups is 1. The molecule has 0 bridgehead atoms. The fraction of sp³-hybridized carbons (Fsp3) is 0.368. The van der Waals surface area contributed by atoms with Crippen molar-refractivity contribution in [3.05, 3.63) is 63.9 Å². The summed E-state index contributed by atoms with van der Waals surface area (Å²) in [6.07, 6.45) is 1.54. The summed E-state index contributed by atoms with van der Waals surface area (Å²) < 4.78 is 33.2. The minimum Gasteiger partial charge on any atom is -0.413 e. The Morgan fingerprint density at radius 1 is 1.19 bits per heavy atom. The molecule has 0 fully saturated rings. The van der Waals surface area contributed by atoms with E-state index in [-0.39, 0.29) is 16.3 Å². The van der Waals surface area contributed by atoms with Crippen molar-refractivity contribution >= 4 is 25.7 Å². The van der Waals surface area contributed by atoms with Gasteiger partial charge in [0.25, 0.3) is 0 Å². The molecular formula is C19H22ClF2NO2Si. The second-order valence-electron chi connectivity index (χ2n) is 7.68. The lowest BCUT2D eigenvalue weighted by Gasteiger charge is -2.36. The molecule has 0 unspecified atom stereocenters. The first kappa shape index (κ1) is 20.7. The third kappa shape index (κ3) is 4.55. The molecule has 0 N–H and O–H groups in total. The highest BCUT2D eigenvalue weighted by molar-refractivity contribution is 6.74. The van der Waals surface area contributed by atoms with Crippen molar-refractivity contribution in [1.29, 1.82) is 0 Å². The van der Waals surface area contributed by atoms with E-state index < -0.39 is 30.8 Å². The van der Waals surface area contributed by atoms with E-state index in [0.717, 1.165) is 17.7 Å². The number of halogens is 3. The molecule has 0 aliphatic heterocycles. The molecule has 26 heavy (non-hydrogen) atoms. The zero-order chi connectivity index (χ0) is 19.7. The lowest BCUT2D eigenvalue weighted by Crippen LogP contribution is -2.40. The second kappa shape index (κ2) is 7.54. The molecule has 0 amide bonds. The third-order valence-corrected chi connectivity index (χ3v) is 9.55. The standard InChI is InChI=1S/C19H22ClF2NO2Si/c1-19(2,3)26(4,5)25-11-12-6-7-16(23-10-12)18(24)13-8-14(21)17(20)15(22)9-13/h6-10H,11H2,1-5H3. The summed E-state index contributed by atoms with van der Waals surface area (Å²) in [5.41, 5.74) is 0.796. The van der Waals surface area contributed by atoms with Gasteiger partial charge in [0, 0.05) is 11.8 Å². The maximum atomic E-state index is 13.5. The van der Waals surface area contributed by atoms with Crippen LogP contribution in [-0.2, 0) is 11.0 Å². The molecule has 0 aliphatic rings. The minimum absolute atomic E-state index is 0.0963. The number of ketones is 1. The van der Waals surface area contributed by atoms with Gasteiger partial charge in [0.2, 0.25) is 5.78 Å². The van der Waals surface area contributed by atoms with Gasteiger partial charge < -0.3 is 4.43 Å². The number of aromatic nitrogens is 1. The smallest absolute Gasteiger partial charge is 0.211 e. The summed E-state index contributed by atoms with van der Waals surface area (Å²) in [7, 11) is -1.88. The highest BCUT2D eigenvalue weighted by atomic mass is 35.5. The molecule has 3 nitrogen and oxygen atoms in total. The van der Waals surface area contributed by atoms with Gasteiger partial charge in [-0.15, -0.1) is 0 Å². The van der Waals surface area contributed by atoms with Crippen molar-refractivity contribution in [2.24, 2.45) is 0 Å². The highest BCUT2D eigenvalue weighted by Gasteiger charge is 2.37. The van der Waals surface area contributed by atoms with E-state index in [4.69, 9.17) is 16.0 Å². The van der Waals surface area contributed by atoms with Crippen molar-refractivity contribution in [1.82, 2.24) is 4.98 Å². The van der Waals surface area contributed by atoms with Crippen molar-refractivity contribution in [3.63, 3.8) is 0 Å². The first-order valence-electron chi connectivity index (χ1n) is 8.20. The van der Waals surface area contributed by atoms with Crippen molar-refractivity contribution in [3.8, 4) is 0 Å². The van der Waals surface area contributed by atoms with Crippen LogP contribution in [-0.4, -0.2) is 19.1 Å². The Morgan fingerprint density at radius 3 is 2.23 bits per heavy atom. The predicted octanol–water partition coefficient (Wildman–Crippen LogP) is 5.77. The normalized spacial score (nSPS) is 12.3. The molecule has 1 aromatic heterocycles. The van der Waals surface area contributed by atoms with E-state index in [0.29, 0.717) is 6.61 Å². The number of rotatable bonds is 5. The molecule has 0 radical (unpaired) electrons. The molecule has 0 atom stereocenters. The second-order valence-corrected chi connectivity index (χ2v) is 12.9. The van der Waals surface area contributed by atoms with E-state index in [2.05, 4.69) is 38.8 Å². The molecule has 1 aromatic carbocycles. The van der Waals surface area contributed by atoms with Gasteiger partial charge >= 0.3 is 0 Å². The van der Waals surface area contributed by atoms with E-state index in [1.54, 1.807) is 12.3 Å². The molecule has 0 spiro atoms. The van der Waals surface area contributed by atoms with Crippen LogP contribution >= 0.6 is 11.6 Å². The van der Waals surface area contributed by atoms with E-state index in [1.165, 1.54) is 6.07 Å². The van der Waals surface area contributed by atoms with Crippen LogP contribution in [0, 0.1) is 11.6 Å². The summed E-state index contributed by atoms with van der Waals surface area (Å²) in [5.74, 6) is -2.53. The summed E-state index contributed by atoms with van der Waals surface area (Å²) in [5, 5.41) is -0.536. The van der Waals surface area contributed by atoms with Gasteiger partial charge in [-0.3, -0.25) is 9.78 Å². The highest BCUT2D eigenvalue weighted by Crippen LogP contribution is 2.37. The monoisotopic (exact) mass is 397 g/mol. The Morgan fingerprint density at radius 2 is 1.77 bits per heavy atom.